The van der Waals surface area contributed by atoms with Gasteiger partial charge in [-0.1, -0.05) is 53.2 Å². The lowest BCUT2D eigenvalue weighted by Gasteiger charge is -2.05. The Hall–Kier alpha value is -2.38. The molecular formula is C18H15BrN2O. The molecule has 1 amide bonds. The molecule has 2 aromatic rings. The Bertz CT molecular complexity index is 742. The number of rotatable bonds is 4. The van der Waals surface area contributed by atoms with E-state index in [1.54, 1.807) is 6.08 Å². The minimum atomic E-state index is -0.414. The Morgan fingerprint density at radius 3 is 2.50 bits per heavy atom. The number of benzene rings is 2. The molecule has 0 radical (unpaired) electrons. The fraction of sp³-hybridized carbons (Fsp3) is 0.111. The van der Waals surface area contributed by atoms with E-state index in [4.69, 9.17) is 0 Å². The van der Waals surface area contributed by atoms with E-state index in [1.807, 2.05) is 54.6 Å². The zero-order valence-corrected chi connectivity index (χ0v) is 13.7. The van der Waals surface area contributed by atoms with E-state index in [0.29, 0.717) is 5.69 Å². The second kappa shape index (κ2) is 7.58. The average Bonchev–Trinajstić information content (AvgIpc) is 2.54. The summed E-state index contributed by atoms with van der Waals surface area (Å²) in [6.07, 6.45) is 2.51. The fourth-order valence-electron chi connectivity index (χ4n) is 1.92. The predicted octanol–water partition coefficient (Wildman–Crippen LogP) is 4.56. The Balaban J connectivity index is 2.19. The average molecular weight is 355 g/mol. The van der Waals surface area contributed by atoms with Crippen LogP contribution in [0.4, 0.5) is 5.69 Å². The smallest absolute Gasteiger partial charge is 0.266 e. The molecule has 0 aliphatic rings. The van der Waals surface area contributed by atoms with Crippen LogP contribution in [0.1, 0.15) is 18.1 Å². The molecule has 0 atom stereocenters. The highest BCUT2D eigenvalue weighted by Crippen LogP contribution is 2.19. The molecule has 4 heteroatoms. The number of nitrogens with one attached hydrogen (secondary N) is 1. The number of hydrogen-bond acceptors (Lipinski definition) is 2. The van der Waals surface area contributed by atoms with Gasteiger partial charge >= 0.3 is 0 Å². The first-order valence-electron chi connectivity index (χ1n) is 6.90. The number of carbonyl (C=O) groups excluding carboxylic acids is 1. The van der Waals surface area contributed by atoms with Crippen LogP contribution in [0.15, 0.2) is 58.6 Å². The van der Waals surface area contributed by atoms with Crippen LogP contribution in [-0.4, -0.2) is 5.91 Å². The molecule has 22 heavy (non-hydrogen) atoms. The molecule has 0 unspecified atom stereocenters. The van der Waals surface area contributed by atoms with Gasteiger partial charge in [0.25, 0.3) is 5.91 Å². The van der Waals surface area contributed by atoms with Crippen LogP contribution in [0.3, 0.4) is 0 Å². The summed E-state index contributed by atoms with van der Waals surface area (Å²) in [5.41, 5.74) is 2.72. The molecule has 2 rings (SSSR count). The first kappa shape index (κ1) is 16.0. The van der Waals surface area contributed by atoms with E-state index in [1.165, 1.54) is 5.56 Å². The largest absolute Gasteiger partial charge is 0.321 e. The topological polar surface area (TPSA) is 52.9 Å². The first-order chi connectivity index (χ1) is 10.6. The molecular weight excluding hydrogens is 340 g/mol. The van der Waals surface area contributed by atoms with Crippen molar-refractivity contribution in [2.75, 3.05) is 5.32 Å². The van der Waals surface area contributed by atoms with Gasteiger partial charge in [0.2, 0.25) is 0 Å². The van der Waals surface area contributed by atoms with Gasteiger partial charge in [0.1, 0.15) is 11.6 Å². The lowest BCUT2D eigenvalue weighted by Crippen LogP contribution is -2.13. The molecule has 3 nitrogen and oxygen atoms in total. The van der Waals surface area contributed by atoms with Gasteiger partial charge in [-0.05, 0) is 41.8 Å². The summed E-state index contributed by atoms with van der Waals surface area (Å²) in [4.78, 5) is 12.2. The third-order valence-corrected chi connectivity index (χ3v) is 3.91. The molecule has 0 bridgehead atoms. The van der Waals surface area contributed by atoms with Crippen molar-refractivity contribution in [3.05, 3.63) is 69.7 Å². The molecule has 0 saturated carbocycles. The molecule has 0 spiro atoms. The number of nitriles is 1. The van der Waals surface area contributed by atoms with Crippen LogP contribution >= 0.6 is 15.9 Å². The summed E-state index contributed by atoms with van der Waals surface area (Å²) in [5.74, 6) is -0.414. The maximum absolute atomic E-state index is 12.2. The molecule has 2 aromatic carbocycles. The van der Waals surface area contributed by atoms with Crippen molar-refractivity contribution in [3.63, 3.8) is 0 Å². The quantitative estimate of drug-likeness (QED) is 0.646. The van der Waals surface area contributed by atoms with E-state index in [0.717, 1.165) is 16.5 Å². The summed E-state index contributed by atoms with van der Waals surface area (Å²) >= 11 is 3.40. The third-order valence-electron chi connectivity index (χ3n) is 3.19. The molecule has 110 valence electrons. The minimum absolute atomic E-state index is 0.0615. The van der Waals surface area contributed by atoms with Crippen molar-refractivity contribution >= 4 is 33.6 Å². The Labute approximate surface area is 138 Å². The van der Waals surface area contributed by atoms with Gasteiger partial charge in [0.05, 0.1) is 0 Å². The zero-order valence-electron chi connectivity index (χ0n) is 12.1. The number of hydrogen-bond donors (Lipinski definition) is 1. The van der Waals surface area contributed by atoms with E-state index in [-0.39, 0.29) is 5.57 Å². The Kier molecular flexibility index (Phi) is 5.51. The highest BCUT2D eigenvalue weighted by molar-refractivity contribution is 9.10. The molecule has 0 saturated heterocycles. The van der Waals surface area contributed by atoms with Crippen molar-refractivity contribution in [2.24, 2.45) is 0 Å². The summed E-state index contributed by atoms with van der Waals surface area (Å²) in [5, 5.41) is 12.0. The highest BCUT2D eigenvalue weighted by atomic mass is 79.9. The van der Waals surface area contributed by atoms with Gasteiger partial charge in [-0.15, -0.1) is 0 Å². The number of aryl methyl sites for hydroxylation is 1. The predicted molar refractivity (Wildman–Crippen MR) is 92.2 cm³/mol. The monoisotopic (exact) mass is 354 g/mol. The van der Waals surface area contributed by atoms with Crippen LogP contribution in [0.25, 0.3) is 6.08 Å². The molecule has 0 aromatic heterocycles. The van der Waals surface area contributed by atoms with E-state index >= 15 is 0 Å². The standard InChI is InChI=1S/C18H15BrN2O/c1-2-13-7-9-16(10-8-13)21-18(22)15(12-20)11-14-5-3-4-6-17(14)19/h3-11H,2H2,1H3,(H,21,22). The number of amides is 1. The second-order valence-electron chi connectivity index (χ2n) is 4.70. The normalized spacial score (nSPS) is 10.9. The lowest BCUT2D eigenvalue weighted by atomic mass is 10.1. The van der Waals surface area contributed by atoms with E-state index in [2.05, 4.69) is 28.2 Å². The first-order valence-corrected chi connectivity index (χ1v) is 7.70. The summed E-state index contributed by atoms with van der Waals surface area (Å²) in [6.45, 7) is 2.07. The third kappa shape index (κ3) is 4.06. The Morgan fingerprint density at radius 2 is 1.91 bits per heavy atom. The van der Waals surface area contributed by atoms with Crippen molar-refractivity contribution in [1.29, 1.82) is 5.26 Å². The van der Waals surface area contributed by atoms with Gasteiger partial charge in [0.15, 0.2) is 0 Å². The highest BCUT2D eigenvalue weighted by Gasteiger charge is 2.10. The van der Waals surface area contributed by atoms with Crippen LogP contribution in [0.2, 0.25) is 0 Å². The molecule has 0 fully saturated rings. The van der Waals surface area contributed by atoms with Crippen molar-refractivity contribution in [1.82, 2.24) is 0 Å². The number of carbonyl (C=O) groups is 1. The van der Waals surface area contributed by atoms with Crippen molar-refractivity contribution in [2.45, 2.75) is 13.3 Å². The molecule has 0 heterocycles. The number of halogens is 1. The Morgan fingerprint density at radius 1 is 1.23 bits per heavy atom. The van der Waals surface area contributed by atoms with Crippen LogP contribution < -0.4 is 5.32 Å². The van der Waals surface area contributed by atoms with E-state index in [9.17, 15) is 10.1 Å². The fourth-order valence-corrected chi connectivity index (χ4v) is 2.32. The van der Waals surface area contributed by atoms with E-state index < -0.39 is 5.91 Å². The van der Waals surface area contributed by atoms with Gasteiger partial charge in [-0.3, -0.25) is 4.79 Å². The van der Waals surface area contributed by atoms with Gasteiger partial charge in [-0.2, -0.15) is 5.26 Å². The van der Waals surface area contributed by atoms with Crippen molar-refractivity contribution < 1.29 is 4.79 Å². The maximum atomic E-state index is 12.2. The number of nitrogens with zero attached hydrogens (tertiary/aromatic N) is 1. The van der Waals surface area contributed by atoms with Gasteiger partial charge < -0.3 is 5.32 Å². The van der Waals surface area contributed by atoms with Crippen LogP contribution in [0.5, 0.6) is 0 Å². The second-order valence-corrected chi connectivity index (χ2v) is 5.55. The molecule has 0 aliphatic heterocycles. The van der Waals surface area contributed by atoms with Gasteiger partial charge in [0, 0.05) is 10.2 Å². The lowest BCUT2D eigenvalue weighted by molar-refractivity contribution is -0.112. The maximum Gasteiger partial charge on any atom is 0.266 e. The summed E-state index contributed by atoms with van der Waals surface area (Å²) in [7, 11) is 0. The van der Waals surface area contributed by atoms with Crippen LogP contribution in [0, 0.1) is 11.3 Å². The minimum Gasteiger partial charge on any atom is -0.321 e. The molecule has 1 N–H and O–H groups in total. The molecule has 0 aliphatic carbocycles. The van der Waals surface area contributed by atoms with Crippen molar-refractivity contribution in [3.8, 4) is 6.07 Å². The SMILES string of the molecule is CCc1ccc(NC(=O)C(C#N)=Cc2ccccc2Br)cc1. The zero-order chi connectivity index (χ0) is 15.9. The summed E-state index contributed by atoms with van der Waals surface area (Å²) in [6, 6.07) is 17.0. The summed E-state index contributed by atoms with van der Waals surface area (Å²) < 4.78 is 0.836. The number of anilines is 1. The van der Waals surface area contributed by atoms with Crippen LogP contribution in [-0.2, 0) is 11.2 Å². The van der Waals surface area contributed by atoms with Gasteiger partial charge in [-0.25, -0.2) is 0 Å².